The van der Waals surface area contributed by atoms with Crippen molar-refractivity contribution in [3.05, 3.63) is 68.8 Å². The Kier molecular flexibility index (Phi) is 15.4. The van der Waals surface area contributed by atoms with Gasteiger partial charge in [-0.05, 0) is 34.5 Å². The van der Waals surface area contributed by atoms with Gasteiger partial charge in [0.1, 0.15) is 0 Å². The zero-order valence-corrected chi connectivity index (χ0v) is 34.5. The van der Waals surface area contributed by atoms with E-state index in [1.807, 2.05) is 13.8 Å². The number of aryl methyl sites for hydroxylation is 2. The molecule has 4 rings (SSSR count). The maximum Gasteiger partial charge on any atom is 0 e. The topological polar surface area (TPSA) is 0 Å². The molecule has 0 fully saturated rings. The van der Waals surface area contributed by atoms with E-state index in [4.69, 9.17) is 0 Å². The summed E-state index contributed by atoms with van der Waals surface area (Å²) in [5.74, 6) is 0. The van der Waals surface area contributed by atoms with Crippen LogP contribution in [0.4, 0.5) is 0 Å². The maximum absolute atomic E-state index is 3.69. The Hall–Kier alpha value is -0.183. The second-order valence-electron chi connectivity index (χ2n) is 16.0. The van der Waals surface area contributed by atoms with Crippen molar-refractivity contribution in [2.75, 3.05) is 0 Å². The number of hydrogen-bond donors (Lipinski definition) is 0. The standard InChI is InChI=1S/2C18H27.C2H6.2W/c2*1-17(2,3)12-13-10-14-8-7-9-15(14)16(11-13)18(4,5)6;1-2;;/h2*11H,7-9,12H2,1-6H3;1-2H3;;/q2*-1;;;. The van der Waals surface area contributed by atoms with Crippen molar-refractivity contribution in [1.29, 1.82) is 0 Å². The van der Waals surface area contributed by atoms with Gasteiger partial charge in [-0.15, -0.1) is 22.3 Å². The molecule has 2 aliphatic carbocycles. The second-order valence-corrected chi connectivity index (χ2v) is 16.0. The van der Waals surface area contributed by atoms with E-state index in [0.29, 0.717) is 10.8 Å². The zero-order valence-electron chi connectivity index (χ0n) is 28.6. The maximum atomic E-state index is 3.69. The number of rotatable bonds is 2. The van der Waals surface area contributed by atoms with Crippen LogP contribution in [0.2, 0.25) is 0 Å². The van der Waals surface area contributed by atoms with E-state index in [0.717, 1.165) is 12.8 Å². The van der Waals surface area contributed by atoms with Gasteiger partial charge in [-0.2, -0.15) is 46.5 Å². The van der Waals surface area contributed by atoms with E-state index in [9.17, 15) is 0 Å². The Bertz CT molecular complexity index is 976. The van der Waals surface area contributed by atoms with Gasteiger partial charge in [0.25, 0.3) is 0 Å². The molecule has 2 aromatic carbocycles. The van der Waals surface area contributed by atoms with Crippen molar-refractivity contribution in [2.45, 2.75) is 159 Å². The largest absolute Gasteiger partial charge is 0.177 e. The van der Waals surface area contributed by atoms with Crippen molar-refractivity contribution < 1.29 is 42.1 Å². The van der Waals surface area contributed by atoms with Crippen LogP contribution in [0.1, 0.15) is 154 Å². The van der Waals surface area contributed by atoms with Crippen molar-refractivity contribution in [3.63, 3.8) is 0 Å². The molecule has 2 heteroatoms. The van der Waals surface area contributed by atoms with E-state index in [2.05, 4.69) is 107 Å². The van der Waals surface area contributed by atoms with Crippen molar-refractivity contribution in [1.82, 2.24) is 0 Å². The van der Waals surface area contributed by atoms with Gasteiger partial charge < -0.3 is 0 Å². The van der Waals surface area contributed by atoms with E-state index < -0.39 is 0 Å². The molecule has 0 N–H and O–H groups in total. The molecule has 0 saturated carbocycles. The molecule has 0 saturated heterocycles. The minimum Gasteiger partial charge on any atom is -0.177 e. The summed E-state index contributed by atoms with van der Waals surface area (Å²) in [4.78, 5) is 0. The van der Waals surface area contributed by atoms with Crippen LogP contribution in [-0.4, -0.2) is 0 Å². The summed E-state index contributed by atoms with van der Waals surface area (Å²) in [7, 11) is 0. The van der Waals surface area contributed by atoms with Crippen LogP contribution in [0.15, 0.2) is 12.1 Å². The minimum absolute atomic E-state index is 0. The molecule has 0 unspecified atom stereocenters. The first kappa shape index (κ1) is 39.8. The minimum atomic E-state index is 0. The van der Waals surface area contributed by atoms with Crippen LogP contribution in [0.3, 0.4) is 0 Å². The van der Waals surface area contributed by atoms with Crippen LogP contribution in [0, 0.1) is 23.0 Å². The molecular weight excluding hydrogens is 824 g/mol. The number of fused-ring (bicyclic) bond motifs is 2. The van der Waals surface area contributed by atoms with Gasteiger partial charge in [0.15, 0.2) is 0 Å². The Morgan fingerprint density at radius 2 is 0.825 bits per heavy atom. The molecule has 0 atom stereocenters. The van der Waals surface area contributed by atoms with Crippen LogP contribution in [0.5, 0.6) is 0 Å². The Morgan fingerprint density at radius 3 is 1.07 bits per heavy atom. The predicted molar refractivity (Wildman–Crippen MR) is 170 cm³/mol. The van der Waals surface area contributed by atoms with E-state index in [1.54, 1.807) is 22.3 Å². The number of benzene rings is 2. The molecule has 0 radical (unpaired) electrons. The van der Waals surface area contributed by atoms with Gasteiger partial charge in [0.05, 0.1) is 0 Å². The first-order chi connectivity index (χ1) is 17.3. The van der Waals surface area contributed by atoms with Crippen molar-refractivity contribution in [3.8, 4) is 0 Å². The smallest absolute Gasteiger partial charge is 0 e. The summed E-state index contributed by atoms with van der Waals surface area (Å²) >= 11 is 0. The molecule has 226 valence electrons. The normalized spacial score (nSPS) is 14.4. The Labute approximate surface area is 279 Å². The molecule has 0 aliphatic heterocycles. The zero-order chi connectivity index (χ0) is 29.1. The van der Waals surface area contributed by atoms with Gasteiger partial charge in [0, 0.05) is 42.1 Å². The summed E-state index contributed by atoms with van der Waals surface area (Å²) in [5.41, 5.74) is 13.4. The summed E-state index contributed by atoms with van der Waals surface area (Å²) in [6, 6.07) is 12.2. The van der Waals surface area contributed by atoms with Gasteiger partial charge in [0.2, 0.25) is 0 Å². The van der Waals surface area contributed by atoms with Crippen LogP contribution in [0.25, 0.3) is 0 Å². The molecule has 0 amide bonds. The molecule has 0 heterocycles. The quantitative estimate of drug-likeness (QED) is 0.264. The molecule has 0 nitrogen and oxygen atoms in total. The average molecular weight is 885 g/mol. The molecule has 40 heavy (non-hydrogen) atoms. The first-order valence-corrected chi connectivity index (χ1v) is 15.5. The van der Waals surface area contributed by atoms with Crippen molar-refractivity contribution in [2.24, 2.45) is 10.8 Å². The van der Waals surface area contributed by atoms with Crippen LogP contribution in [-0.2, 0) is 91.5 Å². The third-order valence-corrected chi connectivity index (χ3v) is 7.40. The van der Waals surface area contributed by atoms with E-state index in [1.165, 1.54) is 60.8 Å². The molecule has 0 aromatic heterocycles. The molecule has 2 aliphatic rings. The fourth-order valence-electron chi connectivity index (χ4n) is 6.01. The van der Waals surface area contributed by atoms with Gasteiger partial charge in [-0.1, -0.05) is 135 Å². The van der Waals surface area contributed by atoms with Crippen LogP contribution >= 0.6 is 0 Å². The summed E-state index contributed by atoms with van der Waals surface area (Å²) < 4.78 is 0. The first-order valence-electron chi connectivity index (χ1n) is 15.5. The van der Waals surface area contributed by atoms with Crippen molar-refractivity contribution >= 4 is 0 Å². The second kappa shape index (κ2) is 15.5. The average Bonchev–Trinajstić information content (AvgIpc) is 3.39. The number of hydrogen-bond acceptors (Lipinski definition) is 0. The SMILES string of the molecule is CC.CC(C)(C)Cc1[c-]c2c(c(C(C)(C)C)c1)CCC2.CC(C)(C)Cc1[c-]c2c(c(C(C)(C)C)c1)CCC2.[W].[W]. The van der Waals surface area contributed by atoms with Gasteiger partial charge >= 0.3 is 0 Å². The van der Waals surface area contributed by atoms with E-state index >= 15 is 0 Å². The predicted octanol–water partition coefficient (Wildman–Crippen LogP) is 10.7. The fourth-order valence-corrected chi connectivity index (χ4v) is 6.01. The molecular formula is C38H60W2-2. The Balaban J connectivity index is 0.000000684. The summed E-state index contributed by atoms with van der Waals surface area (Å²) in [6.07, 6.45) is 9.86. The molecule has 0 spiro atoms. The van der Waals surface area contributed by atoms with Gasteiger partial charge in [-0.25, -0.2) is 0 Å². The third-order valence-electron chi connectivity index (χ3n) is 7.40. The molecule has 0 bridgehead atoms. The Morgan fingerprint density at radius 1 is 0.525 bits per heavy atom. The fraction of sp³-hybridized carbons (Fsp3) is 0.684. The van der Waals surface area contributed by atoms with Crippen LogP contribution < -0.4 is 0 Å². The van der Waals surface area contributed by atoms with E-state index in [-0.39, 0.29) is 53.0 Å². The third kappa shape index (κ3) is 11.8. The monoisotopic (exact) mass is 884 g/mol. The van der Waals surface area contributed by atoms with Gasteiger partial charge in [-0.3, -0.25) is 0 Å². The summed E-state index contributed by atoms with van der Waals surface area (Å²) in [6.45, 7) is 31.9. The molecule has 2 aromatic rings. The summed E-state index contributed by atoms with van der Waals surface area (Å²) in [5, 5.41) is 0.